The van der Waals surface area contributed by atoms with Crippen molar-refractivity contribution in [3.63, 3.8) is 0 Å². The molecule has 0 amide bonds. The Morgan fingerprint density at radius 1 is 1.30 bits per heavy atom. The van der Waals surface area contributed by atoms with Crippen LogP contribution in [0.5, 0.6) is 0 Å². The number of nitrogens with zero attached hydrogens (tertiary/aromatic N) is 3. The number of aromatic nitrogens is 3. The smallest absolute Gasteiger partial charge is 0.153 e. The van der Waals surface area contributed by atoms with Gasteiger partial charge in [0.15, 0.2) is 12.1 Å². The first-order chi connectivity index (χ1) is 9.69. The zero-order valence-corrected chi connectivity index (χ0v) is 12.3. The Morgan fingerprint density at radius 3 is 2.75 bits per heavy atom. The van der Waals surface area contributed by atoms with Crippen molar-refractivity contribution < 1.29 is 4.79 Å². The second-order valence-electron chi connectivity index (χ2n) is 3.92. The molecule has 0 N–H and O–H groups in total. The fourth-order valence-electron chi connectivity index (χ4n) is 1.79. The molecule has 0 saturated carbocycles. The zero-order chi connectivity index (χ0) is 14.1. The lowest BCUT2D eigenvalue weighted by atomic mass is 10.2. The number of thiophene rings is 1. The Hall–Kier alpha value is -1.69. The Bertz CT molecular complexity index is 767. The van der Waals surface area contributed by atoms with Crippen molar-refractivity contribution in [3.05, 3.63) is 50.9 Å². The molecule has 0 radical (unpaired) electrons. The van der Waals surface area contributed by atoms with Gasteiger partial charge in [0.05, 0.1) is 9.90 Å². The minimum absolute atomic E-state index is 0.437. The Labute approximate surface area is 128 Å². The average Bonchev–Trinajstić information content (AvgIpc) is 3.02. The van der Waals surface area contributed by atoms with E-state index in [4.69, 9.17) is 23.2 Å². The van der Waals surface area contributed by atoms with Gasteiger partial charge in [0, 0.05) is 18.0 Å². The van der Waals surface area contributed by atoms with Crippen molar-refractivity contribution >= 4 is 40.8 Å². The molecule has 0 aliphatic rings. The summed E-state index contributed by atoms with van der Waals surface area (Å²) < 4.78 is 2.60. The number of hydrogen-bond donors (Lipinski definition) is 0. The number of carbonyl (C=O) groups excluding carboxylic acids is 1. The third-order valence-corrected chi connectivity index (χ3v) is 4.15. The first-order valence-electron chi connectivity index (χ1n) is 5.60. The summed E-state index contributed by atoms with van der Waals surface area (Å²) in [5.41, 5.74) is 1.59. The maximum absolute atomic E-state index is 11.2. The normalized spacial score (nSPS) is 10.7. The van der Waals surface area contributed by atoms with Crippen LogP contribution in [-0.2, 0) is 0 Å². The van der Waals surface area contributed by atoms with Crippen LogP contribution in [-0.4, -0.2) is 21.1 Å². The highest BCUT2D eigenvalue weighted by atomic mass is 35.5. The van der Waals surface area contributed by atoms with Crippen LogP contribution >= 0.6 is 34.5 Å². The van der Waals surface area contributed by atoms with Crippen molar-refractivity contribution in [2.45, 2.75) is 0 Å². The van der Waals surface area contributed by atoms with Crippen LogP contribution in [0.15, 0.2) is 36.7 Å². The first kappa shape index (κ1) is 13.3. The SMILES string of the molecule is O=Cc1cn(-c2ccccn2)nc1-c1cc(Cl)sc1Cl. The predicted molar refractivity (Wildman–Crippen MR) is 80.1 cm³/mol. The van der Waals surface area contributed by atoms with Gasteiger partial charge in [-0.05, 0) is 18.2 Å². The molecule has 4 nitrogen and oxygen atoms in total. The van der Waals surface area contributed by atoms with Crippen LogP contribution in [0.4, 0.5) is 0 Å². The van der Waals surface area contributed by atoms with E-state index in [-0.39, 0.29) is 0 Å². The van der Waals surface area contributed by atoms with Gasteiger partial charge >= 0.3 is 0 Å². The largest absolute Gasteiger partial charge is 0.298 e. The number of hydrogen-bond acceptors (Lipinski definition) is 4. The summed E-state index contributed by atoms with van der Waals surface area (Å²) >= 11 is 13.3. The van der Waals surface area contributed by atoms with Crippen LogP contribution in [0, 0.1) is 0 Å². The van der Waals surface area contributed by atoms with Gasteiger partial charge in [-0.1, -0.05) is 29.3 Å². The van der Waals surface area contributed by atoms with E-state index >= 15 is 0 Å². The molecule has 0 aromatic carbocycles. The van der Waals surface area contributed by atoms with Crippen molar-refractivity contribution in [3.8, 4) is 17.1 Å². The molecule has 0 atom stereocenters. The zero-order valence-electron chi connectivity index (χ0n) is 9.96. The van der Waals surface area contributed by atoms with Crippen LogP contribution < -0.4 is 0 Å². The molecule has 0 bridgehead atoms. The number of halogens is 2. The lowest BCUT2D eigenvalue weighted by molar-refractivity contribution is 0.112. The molecule has 3 aromatic rings. The minimum Gasteiger partial charge on any atom is -0.298 e. The van der Waals surface area contributed by atoms with E-state index in [1.807, 2.05) is 12.1 Å². The van der Waals surface area contributed by atoms with Gasteiger partial charge in [-0.2, -0.15) is 5.10 Å². The summed E-state index contributed by atoms with van der Waals surface area (Å²) in [5.74, 6) is 0.624. The standard InChI is InChI=1S/C13H7Cl2N3OS/c14-10-5-9(13(15)20-10)12-8(7-19)6-18(17-12)11-3-1-2-4-16-11/h1-7H. The molecule has 0 spiro atoms. The first-order valence-corrected chi connectivity index (χ1v) is 7.17. The molecule has 0 aliphatic heterocycles. The average molecular weight is 324 g/mol. The van der Waals surface area contributed by atoms with Gasteiger partial charge in [-0.3, -0.25) is 4.79 Å². The monoisotopic (exact) mass is 323 g/mol. The van der Waals surface area contributed by atoms with E-state index in [9.17, 15) is 4.79 Å². The number of carbonyl (C=O) groups is 1. The van der Waals surface area contributed by atoms with Gasteiger partial charge in [0.2, 0.25) is 0 Å². The molecule has 0 fully saturated rings. The summed E-state index contributed by atoms with van der Waals surface area (Å²) in [4.78, 5) is 15.4. The topological polar surface area (TPSA) is 47.8 Å². The number of rotatable bonds is 3. The minimum atomic E-state index is 0.437. The maximum atomic E-state index is 11.2. The molecular formula is C13H7Cl2N3OS. The Balaban J connectivity index is 2.15. The van der Waals surface area contributed by atoms with E-state index in [0.29, 0.717) is 31.3 Å². The summed E-state index contributed by atoms with van der Waals surface area (Å²) in [6.45, 7) is 0. The molecule has 0 saturated heterocycles. The van der Waals surface area contributed by atoms with Gasteiger partial charge in [-0.25, -0.2) is 9.67 Å². The number of pyridine rings is 1. The molecular weight excluding hydrogens is 317 g/mol. The lowest BCUT2D eigenvalue weighted by Crippen LogP contribution is -1.96. The molecule has 20 heavy (non-hydrogen) atoms. The van der Waals surface area contributed by atoms with Crippen molar-refractivity contribution in [2.24, 2.45) is 0 Å². The Kier molecular flexibility index (Phi) is 3.56. The summed E-state index contributed by atoms with van der Waals surface area (Å²) in [6, 6.07) is 7.16. The van der Waals surface area contributed by atoms with Crippen LogP contribution in [0.3, 0.4) is 0 Å². The van der Waals surface area contributed by atoms with Gasteiger partial charge < -0.3 is 0 Å². The molecule has 3 aromatic heterocycles. The Morgan fingerprint density at radius 2 is 2.15 bits per heavy atom. The highest BCUT2D eigenvalue weighted by molar-refractivity contribution is 7.20. The second-order valence-corrected chi connectivity index (χ2v) is 6.21. The summed E-state index contributed by atoms with van der Waals surface area (Å²) in [5, 5.41) is 4.38. The van der Waals surface area contributed by atoms with E-state index in [2.05, 4.69) is 10.1 Å². The molecule has 3 heterocycles. The maximum Gasteiger partial charge on any atom is 0.153 e. The molecule has 100 valence electrons. The van der Waals surface area contributed by atoms with Crippen LogP contribution in [0.1, 0.15) is 10.4 Å². The highest BCUT2D eigenvalue weighted by Crippen LogP contribution is 2.38. The van der Waals surface area contributed by atoms with E-state index in [0.717, 1.165) is 6.29 Å². The van der Waals surface area contributed by atoms with Crippen molar-refractivity contribution in [1.29, 1.82) is 0 Å². The summed E-state index contributed by atoms with van der Waals surface area (Å²) in [6.07, 6.45) is 4.02. The van der Waals surface area contributed by atoms with E-state index in [1.165, 1.54) is 11.3 Å². The van der Waals surface area contributed by atoms with Crippen molar-refractivity contribution in [1.82, 2.24) is 14.8 Å². The van der Waals surface area contributed by atoms with E-state index in [1.54, 1.807) is 29.2 Å². The summed E-state index contributed by atoms with van der Waals surface area (Å²) in [7, 11) is 0. The fourth-order valence-corrected chi connectivity index (χ4v) is 3.26. The molecule has 0 aliphatic carbocycles. The van der Waals surface area contributed by atoms with Crippen LogP contribution in [0.2, 0.25) is 8.67 Å². The third kappa shape index (κ3) is 2.35. The van der Waals surface area contributed by atoms with E-state index < -0.39 is 0 Å². The van der Waals surface area contributed by atoms with Gasteiger partial charge in [0.25, 0.3) is 0 Å². The predicted octanol–water partition coefficient (Wildman–Crippen LogP) is 4.12. The highest BCUT2D eigenvalue weighted by Gasteiger charge is 2.17. The lowest BCUT2D eigenvalue weighted by Gasteiger charge is -1.98. The van der Waals surface area contributed by atoms with Gasteiger partial charge in [-0.15, -0.1) is 11.3 Å². The van der Waals surface area contributed by atoms with Crippen molar-refractivity contribution in [2.75, 3.05) is 0 Å². The van der Waals surface area contributed by atoms with Gasteiger partial charge in [0.1, 0.15) is 10.0 Å². The third-order valence-electron chi connectivity index (χ3n) is 2.67. The quantitative estimate of drug-likeness (QED) is 0.681. The second kappa shape index (κ2) is 5.36. The fraction of sp³-hybridized carbons (Fsp3) is 0. The number of aldehydes is 1. The molecule has 0 unspecified atom stereocenters. The molecule has 7 heteroatoms. The molecule has 3 rings (SSSR count). The van der Waals surface area contributed by atoms with Crippen LogP contribution in [0.25, 0.3) is 17.1 Å².